The molecule has 0 aromatic carbocycles. The molecule has 0 unspecified atom stereocenters. The minimum atomic E-state index is -0.302. The summed E-state index contributed by atoms with van der Waals surface area (Å²) >= 11 is 1.41. The van der Waals surface area contributed by atoms with Crippen molar-refractivity contribution in [2.45, 2.75) is 45.4 Å². The minimum absolute atomic E-state index is 0.302. The Morgan fingerprint density at radius 3 is 2.93 bits per heavy atom. The van der Waals surface area contributed by atoms with Crippen LogP contribution < -0.4 is 10.6 Å². The van der Waals surface area contributed by atoms with Gasteiger partial charge >= 0.3 is 6.03 Å². The minimum Gasteiger partial charge on any atom is -0.446 e. The number of hydrogen-bond acceptors (Lipinski definition) is 7. The molecule has 0 radical (unpaired) electrons. The zero-order chi connectivity index (χ0) is 19.5. The van der Waals surface area contributed by atoms with Crippen LogP contribution in [-0.4, -0.2) is 32.5 Å². The average Bonchev–Trinajstić information content (AvgIpc) is 3.34. The van der Waals surface area contributed by atoms with Gasteiger partial charge in [-0.15, -0.1) is 0 Å². The van der Waals surface area contributed by atoms with Crippen LogP contribution in [0.15, 0.2) is 22.9 Å². The van der Waals surface area contributed by atoms with Gasteiger partial charge in [0.05, 0.1) is 22.5 Å². The molecule has 146 valence electrons. The van der Waals surface area contributed by atoms with E-state index in [0.717, 1.165) is 47.1 Å². The van der Waals surface area contributed by atoms with Crippen LogP contribution in [-0.2, 0) is 12.8 Å². The molecule has 28 heavy (non-hydrogen) atoms. The molecular formula is C19H22N6O2S. The van der Waals surface area contributed by atoms with Crippen molar-refractivity contribution >= 4 is 22.5 Å². The van der Waals surface area contributed by atoms with E-state index < -0.39 is 0 Å². The first kappa shape index (κ1) is 18.5. The molecule has 9 heteroatoms. The lowest BCUT2D eigenvalue weighted by Crippen LogP contribution is -2.30. The van der Waals surface area contributed by atoms with Crippen molar-refractivity contribution in [3.05, 3.63) is 41.6 Å². The number of thiazole rings is 1. The SMILES string of the molecule is CCc1cnc(CCNC(=O)Nc2nc(C)c(-c3ccnc(C4CC4)n3)s2)o1. The summed E-state index contributed by atoms with van der Waals surface area (Å²) in [5.41, 5.74) is 1.70. The first-order valence-corrected chi connectivity index (χ1v) is 10.2. The number of anilines is 1. The van der Waals surface area contributed by atoms with Gasteiger partial charge in [-0.3, -0.25) is 5.32 Å². The van der Waals surface area contributed by atoms with Crippen LogP contribution in [0.2, 0.25) is 0 Å². The molecule has 8 nitrogen and oxygen atoms in total. The number of amides is 2. The molecule has 0 saturated heterocycles. The number of aromatic nitrogens is 4. The van der Waals surface area contributed by atoms with E-state index >= 15 is 0 Å². The molecule has 3 aromatic rings. The van der Waals surface area contributed by atoms with Crippen molar-refractivity contribution in [1.29, 1.82) is 0 Å². The van der Waals surface area contributed by atoms with E-state index in [0.29, 0.717) is 29.9 Å². The lowest BCUT2D eigenvalue weighted by atomic mass is 10.3. The molecule has 2 amide bonds. The summed E-state index contributed by atoms with van der Waals surface area (Å²) in [7, 11) is 0. The molecule has 4 rings (SSSR count). The molecule has 1 fully saturated rings. The summed E-state index contributed by atoms with van der Waals surface area (Å²) in [4.78, 5) is 30.7. The Morgan fingerprint density at radius 2 is 2.18 bits per heavy atom. The highest BCUT2D eigenvalue weighted by atomic mass is 32.1. The van der Waals surface area contributed by atoms with E-state index in [1.165, 1.54) is 11.3 Å². The van der Waals surface area contributed by atoms with E-state index in [9.17, 15) is 4.79 Å². The van der Waals surface area contributed by atoms with E-state index in [1.807, 2.05) is 19.9 Å². The van der Waals surface area contributed by atoms with Crippen molar-refractivity contribution in [2.24, 2.45) is 0 Å². The summed E-state index contributed by atoms with van der Waals surface area (Å²) in [5.74, 6) is 2.86. The third-order valence-electron chi connectivity index (χ3n) is 4.44. The molecule has 3 heterocycles. The normalized spacial score (nSPS) is 13.5. The fourth-order valence-electron chi connectivity index (χ4n) is 2.78. The highest BCUT2D eigenvalue weighted by Gasteiger charge is 2.27. The van der Waals surface area contributed by atoms with E-state index in [-0.39, 0.29) is 6.03 Å². The lowest BCUT2D eigenvalue weighted by Gasteiger charge is -2.03. The van der Waals surface area contributed by atoms with Gasteiger partial charge in [0.2, 0.25) is 0 Å². The highest BCUT2D eigenvalue weighted by molar-refractivity contribution is 7.19. The average molecular weight is 398 g/mol. The predicted molar refractivity (Wildman–Crippen MR) is 106 cm³/mol. The number of carbonyl (C=O) groups is 1. The van der Waals surface area contributed by atoms with Gasteiger partial charge < -0.3 is 9.73 Å². The van der Waals surface area contributed by atoms with Crippen molar-refractivity contribution < 1.29 is 9.21 Å². The number of hydrogen-bond donors (Lipinski definition) is 2. The third kappa shape index (κ3) is 4.36. The predicted octanol–water partition coefficient (Wildman–Crippen LogP) is 3.70. The van der Waals surface area contributed by atoms with Crippen LogP contribution >= 0.6 is 11.3 Å². The fraction of sp³-hybridized carbons (Fsp3) is 0.421. The Bertz CT molecular complexity index is 978. The Balaban J connectivity index is 1.34. The van der Waals surface area contributed by atoms with E-state index in [1.54, 1.807) is 12.4 Å². The van der Waals surface area contributed by atoms with Gasteiger partial charge in [0.25, 0.3) is 0 Å². The number of rotatable bonds is 7. The Kier molecular flexibility index (Phi) is 5.34. The van der Waals surface area contributed by atoms with Crippen LogP contribution in [0.4, 0.5) is 9.93 Å². The first-order valence-electron chi connectivity index (χ1n) is 9.41. The van der Waals surface area contributed by atoms with Gasteiger partial charge in [0, 0.05) is 31.5 Å². The van der Waals surface area contributed by atoms with Gasteiger partial charge in [0.1, 0.15) is 11.6 Å². The smallest absolute Gasteiger partial charge is 0.321 e. The number of nitrogens with zero attached hydrogens (tertiary/aromatic N) is 4. The zero-order valence-electron chi connectivity index (χ0n) is 15.9. The number of aryl methyl sites for hydroxylation is 2. The van der Waals surface area contributed by atoms with Crippen molar-refractivity contribution in [3.8, 4) is 10.6 Å². The molecule has 1 aliphatic rings. The zero-order valence-corrected chi connectivity index (χ0v) is 16.7. The van der Waals surface area contributed by atoms with Crippen molar-refractivity contribution in [1.82, 2.24) is 25.3 Å². The number of carbonyl (C=O) groups excluding carboxylic acids is 1. The largest absolute Gasteiger partial charge is 0.446 e. The summed E-state index contributed by atoms with van der Waals surface area (Å²) in [6.07, 6.45) is 7.18. The lowest BCUT2D eigenvalue weighted by molar-refractivity contribution is 0.252. The van der Waals surface area contributed by atoms with Crippen LogP contribution in [0, 0.1) is 6.92 Å². The quantitative estimate of drug-likeness (QED) is 0.629. The summed E-state index contributed by atoms with van der Waals surface area (Å²) in [6, 6.07) is 1.58. The van der Waals surface area contributed by atoms with Crippen LogP contribution in [0.5, 0.6) is 0 Å². The molecule has 0 spiro atoms. The Labute approximate surface area is 166 Å². The number of oxazole rings is 1. The van der Waals surface area contributed by atoms with Gasteiger partial charge in [-0.1, -0.05) is 18.3 Å². The van der Waals surface area contributed by atoms with Crippen molar-refractivity contribution in [2.75, 3.05) is 11.9 Å². The molecule has 3 aromatic heterocycles. The van der Waals surface area contributed by atoms with Gasteiger partial charge in [0.15, 0.2) is 11.0 Å². The molecule has 2 N–H and O–H groups in total. The van der Waals surface area contributed by atoms with Gasteiger partial charge in [-0.2, -0.15) is 0 Å². The molecule has 0 bridgehead atoms. The third-order valence-corrected chi connectivity index (χ3v) is 5.54. The Morgan fingerprint density at radius 1 is 1.32 bits per heavy atom. The summed E-state index contributed by atoms with van der Waals surface area (Å²) in [6.45, 7) is 4.36. The number of nitrogens with one attached hydrogen (secondary N) is 2. The molecule has 1 saturated carbocycles. The van der Waals surface area contributed by atoms with E-state index in [4.69, 9.17) is 4.42 Å². The Hall–Kier alpha value is -2.81. The molecule has 0 aliphatic heterocycles. The second kappa shape index (κ2) is 8.05. The van der Waals surface area contributed by atoms with Crippen LogP contribution in [0.3, 0.4) is 0 Å². The van der Waals surface area contributed by atoms with Crippen LogP contribution in [0.1, 0.15) is 48.9 Å². The maximum absolute atomic E-state index is 12.1. The van der Waals surface area contributed by atoms with Crippen LogP contribution in [0.25, 0.3) is 10.6 Å². The number of urea groups is 1. The summed E-state index contributed by atoms with van der Waals surface area (Å²) in [5, 5.41) is 6.13. The maximum Gasteiger partial charge on any atom is 0.321 e. The summed E-state index contributed by atoms with van der Waals surface area (Å²) < 4.78 is 5.53. The molecular weight excluding hydrogens is 376 g/mol. The monoisotopic (exact) mass is 398 g/mol. The maximum atomic E-state index is 12.1. The van der Waals surface area contributed by atoms with Crippen molar-refractivity contribution in [3.63, 3.8) is 0 Å². The fourth-order valence-corrected chi connectivity index (χ4v) is 3.71. The van der Waals surface area contributed by atoms with Gasteiger partial charge in [-0.25, -0.2) is 24.7 Å². The first-order chi connectivity index (χ1) is 13.6. The van der Waals surface area contributed by atoms with E-state index in [2.05, 4.69) is 30.6 Å². The molecule has 1 aliphatic carbocycles. The second-order valence-corrected chi connectivity index (χ2v) is 7.71. The standard InChI is InChI=1S/C19H22N6O2S/c1-3-13-10-22-15(27-13)7-9-21-18(26)25-19-23-11(2)16(28-19)14-6-8-20-17(24-14)12-4-5-12/h6,8,10,12H,3-5,7,9H2,1-2H3,(H2,21,23,25,26). The topological polar surface area (TPSA) is 106 Å². The molecule has 0 atom stereocenters. The highest BCUT2D eigenvalue weighted by Crippen LogP contribution is 2.39. The van der Waals surface area contributed by atoms with Gasteiger partial charge in [-0.05, 0) is 25.8 Å². The second-order valence-electron chi connectivity index (χ2n) is 6.71.